The van der Waals surface area contributed by atoms with Crippen molar-refractivity contribution in [1.82, 2.24) is 9.55 Å². The van der Waals surface area contributed by atoms with Crippen LogP contribution in [0.15, 0.2) is 0 Å². The third kappa shape index (κ3) is 3.22. The van der Waals surface area contributed by atoms with E-state index in [0.717, 1.165) is 18.8 Å². The van der Waals surface area contributed by atoms with Gasteiger partial charge in [-0.2, -0.15) is 0 Å². The lowest BCUT2D eigenvalue weighted by molar-refractivity contribution is 0.0521. The molecule has 0 aliphatic carbocycles. The monoisotopic (exact) mass is 239 g/mol. The first-order valence-corrected chi connectivity index (χ1v) is 5.97. The second-order valence-corrected chi connectivity index (χ2v) is 4.45. The van der Waals surface area contributed by atoms with Crippen LogP contribution >= 0.6 is 0 Å². The number of carbonyl (C=O) groups is 1. The molecule has 5 heteroatoms. The number of ether oxygens (including phenoxy) is 1. The van der Waals surface area contributed by atoms with Gasteiger partial charge in [-0.3, -0.25) is 0 Å². The summed E-state index contributed by atoms with van der Waals surface area (Å²) in [5.74, 6) is 1.30. The Balaban J connectivity index is 2.89. The van der Waals surface area contributed by atoms with Crippen LogP contribution in [0, 0.1) is 12.8 Å². The van der Waals surface area contributed by atoms with Gasteiger partial charge in [0.25, 0.3) is 0 Å². The van der Waals surface area contributed by atoms with Crippen LogP contribution in [0.3, 0.4) is 0 Å². The molecule has 17 heavy (non-hydrogen) atoms. The molecule has 0 spiro atoms. The molecule has 0 amide bonds. The smallest absolute Gasteiger partial charge is 0.360 e. The van der Waals surface area contributed by atoms with Crippen molar-refractivity contribution in [2.45, 2.75) is 40.7 Å². The van der Waals surface area contributed by atoms with E-state index < -0.39 is 5.97 Å². The second kappa shape index (κ2) is 5.70. The van der Waals surface area contributed by atoms with Gasteiger partial charge in [-0.05, 0) is 26.2 Å². The van der Waals surface area contributed by atoms with Crippen molar-refractivity contribution in [3.63, 3.8) is 0 Å². The van der Waals surface area contributed by atoms with Gasteiger partial charge in [0.2, 0.25) is 0 Å². The zero-order chi connectivity index (χ0) is 13.0. The summed E-state index contributed by atoms with van der Waals surface area (Å²) in [5, 5.41) is 0. The zero-order valence-electron chi connectivity index (χ0n) is 11.0. The summed E-state index contributed by atoms with van der Waals surface area (Å²) < 4.78 is 6.78. The highest BCUT2D eigenvalue weighted by atomic mass is 16.5. The minimum Gasteiger partial charge on any atom is -0.461 e. The Morgan fingerprint density at radius 1 is 1.53 bits per heavy atom. The minimum atomic E-state index is -0.448. The molecule has 2 N–H and O–H groups in total. The van der Waals surface area contributed by atoms with E-state index in [1.165, 1.54) is 0 Å². The van der Waals surface area contributed by atoms with Gasteiger partial charge in [0.15, 0.2) is 5.69 Å². The average Bonchev–Trinajstić information content (AvgIpc) is 2.52. The molecular formula is C12H21N3O2. The topological polar surface area (TPSA) is 70.1 Å². The molecule has 0 unspecified atom stereocenters. The number of carbonyl (C=O) groups excluding carboxylic acids is 1. The van der Waals surface area contributed by atoms with Crippen molar-refractivity contribution in [2.24, 2.45) is 5.92 Å². The van der Waals surface area contributed by atoms with Gasteiger partial charge in [-0.1, -0.05) is 13.8 Å². The van der Waals surface area contributed by atoms with Crippen molar-refractivity contribution in [1.29, 1.82) is 0 Å². The van der Waals surface area contributed by atoms with Crippen molar-refractivity contribution >= 4 is 11.8 Å². The Morgan fingerprint density at radius 3 is 2.71 bits per heavy atom. The predicted molar refractivity (Wildman–Crippen MR) is 66.8 cm³/mol. The normalized spacial score (nSPS) is 10.9. The van der Waals surface area contributed by atoms with Gasteiger partial charge in [0, 0.05) is 6.54 Å². The third-order valence-corrected chi connectivity index (χ3v) is 2.60. The third-order valence-electron chi connectivity index (χ3n) is 2.60. The number of aromatic nitrogens is 2. The molecule has 0 radical (unpaired) electrons. The number of aryl methyl sites for hydroxylation is 1. The summed E-state index contributed by atoms with van der Waals surface area (Å²) in [6, 6.07) is 0. The van der Waals surface area contributed by atoms with E-state index in [-0.39, 0.29) is 5.69 Å². The summed E-state index contributed by atoms with van der Waals surface area (Å²) in [5.41, 5.74) is 6.15. The van der Waals surface area contributed by atoms with Crippen LogP contribution in [-0.2, 0) is 11.3 Å². The number of anilines is 1. The molecule has 5 nitrogen and oxygen atoms in total. The van der Waals surface area contributed by atoms with E-state index in [0.29, 0.717) is 18.3 Å². The predicted octanol–water partition coefficient (Wildman–Crippen LogP) is 2.00. The van der Waals surface area contributed by atoms with Gasteiger partial charge < -0.3 is 15.0 Å². The number of nitrogen functional groups attached to an aromatic ring is 1. The number of rotatable bonds is 5. The fourth-order valence-electron chi connectivity index (χ4n) is 1.60. The van der Waals surface area contributed by atoms with Gasteiger partial charge in [0.05, 0.1) is 6.61 Å². The molecule has 1 aromatic rings. The van der Waals surface area contributed by atoms with Crippen molar-refractivity contribution in [3.05, 3.63) is 11.5 Å². The molecule has 0 atom stereocenters. The van der Waals surface area contributed by atoms with Crippen LogP contribution in [0.5, 0.6) is 0 Å². The molecule has 0 aromatic carbocycles. The van der Waals surface area contributed by atoms with E-state index in [2.05, 4.69) is 18.8 Å². The zero-order valence-corrected chi connectivity index (χ0v) is 11.0. The number of nitrogens with zero attached hydrogens (tertiary/aromatic N) is 2. The molecule has 0 saturated carbocycles. The van der Waals surface area contributed by atoms with Gasteiger partial charge in [-0.15, -0.1) is 0 Å². The van der Waals surface area contributed by atoms with Crippen LogP contribution in [-0.4, -0.2) is 22.1 Å². The Morgan fingerprint density at radius 2 is 2.18 bits per heavy atom. The highest BCUT2D eigenvalue weighted by Gasteiger charge is 2.19. The molecule has 1 heterocycles. The molecule has 0 fully saturated rings. The maximum atomic E-state index is 11.6. The number of imidazole rings is 1. The maximum absolute atomic E-state index is 11.6. The number of nitrogens with two attached hydrogens (primary N) is 1. The summed E-state index contributed by atoms with van der Waals surface area (Å²) in [6.07, 6.45) is 1.00. The van der Waals surface area contributed by atoms with Crippen molar-refractivity contribution in [2.75, 3.05) is 12.3 Å². The van der Waals surface area contributed by atoms with Crippen LogP contribution < -0.4 is 5.73 Å². The Bertz CT molecular complexity index is 397. The van der Waals surface area contributed by atoms with Gasteiger partial charge in [0.1, 0.15) is 11.6 Å². The largest absolute Gasteiger partial charge is 0.461 e. The average molecular weight is 239 g/mol. The molecule has 0 aliphatic rings. The standard InChI is InChI=1S/C12H21N3O2/c1-5-17-12(16)10-11(13)15(9(4)14-10)7-6-8(2)3/h8H,5-7,13H2,1-4H3. The second-order valence-electron chi connectivity index (χ2n) is 4.45. The lowest BCUT2D eigenvalue weighted by atomic mass is 10.1. The van der Waals surface area contributed by atoms with Crippen molar-refractivity contribution < 1.29 is 9.53 Å². The molecular weight excluding hydrogens is 218 g/mol. The van der Waals surface area contributed by atoms with E-state index >= 15 is 0 Å². The molecule has 1 aromatic heterocycles. The highest BCUT2D eigenvalue weighted by molar-refractivity contribution is 5.92. The maximum Gasteiger partial charge on any atom is 0.360 e. The van der Waals surface area contributed by atoms with Crippen LogP contribution in [0.1, 0.15) is 43.5 Å². The van der Waals surface area contributed by atoms with Crippen LogP contribution in [0.4, 0.5) is 5.82 Å². The Hall–Kier alpha value is -1.52. The molecule has 96 valence electrons. The number of esters is 1. The van der Waals surface area contributed by atoms with Crippen LogP contribution in [0.2, 0.25) is 0 Å². The van der Waals surface area contributed by atoms with E-state index in [1.54, 1.807) is 6.92 Å². The van der Waals surface area contributed by atoms with E-state index in [4.69, 9.17) is 10.5 Å². The first kappa shape index (κ1) is 13.5. The van der Waals surface area contributed by atoms with Gasteiger partial charge in [-0.25, -0.2) is 9.78 Å². The van der Waals surface area contributed by atoms with Gasteiger partial charge >= 0.3 is 5.97 Å². The first-order chi connectivity index (χ1) is 7.97. The first-order valence-electron chi connectivity index (χ1n) is 5.97. The summed E-state index contributed by atoms with van der Waals surface area (Å²) in [4.78, 5) is 15.8. The summed E-state index contributed by atoms with van der Waals surface area (Å²) in [7, 11) is 0. The SMILES string of the molecule is CCOC(=O)c1nc(C)n(CCC(C)C)c1N. The molecule has 1 rings (SSSR count). The quantitative estimate of drug-likeness (QED) is 0.798. The highest BCUT2D eigenvalue weighted by Crippen LogP contribution is 2.17. The molecule has 0 saturated heterocycles. The molecule has 0 aliphatic heterocycles. The van der Waals surface area contributed by atoms with Crippen LogP contribution in [0.25, 0.3) is 0 Å². The molecule has 0 bridgehead atoms. The fourth-order valence-corrected chi connectivity index (χ4v) is 1.60. The van der Waals surface area contributed by atoms with E-state index in [9.17, 15) is 4.79 Å². The summed E-state index contributed by atoms with van der Waals surface area (Å²) in [6.45, 7) is 9.01. The fraction of sp³-hybridized carbons (Fsp3) is 0.667. The summed E-state index contributed by atoms with van der Waals surface area (Å²) >= 11 is 0. The van der Waals surface area contributed by atoms with Crippen molar-refractivity contribution in [3.8, 4) is 0 Å². The Kier molecular flexibility index (Phi) is 4.54. The van der Waals surface area contributed by atoms with E-state index in [1.807, 2.05) is 11.5 Å². The number of hydrogen-bond donors (Lipinski definition) is 1. The lowest BCUT2D eigenvalue weighted by Crippen LogP contribution is -2.11. The number of hydrogen-bond acceptors (Lipinski definition) is 4. The Labute approximate surface area is 102 Å². The lowest BCUT2D eigenvalue weighted by Gasteiger charge is -2.09. The minimum absolute atomic E-state index is 0.230.